The predicted octanol–water partition coefficient (Wildman–Crippen LogP) is 12.1. The molecular formula is C64H109NO15Si2. The molecule has 4 aliphatic rings. The molecule has 14 unspecified atom stereocenters. The van der Waals surface area contributed by atoms with Gasteiger partial charge >= 0.3 is 11.9 Å². The number of nitrogens with zero attached hydrogens (tertiary/aromatic N) is 1. The summed E-state index contributed by atoms with van der Waals surface area (Å²) in [7, 11) is -0.0909. The summed E-state index contributed by atoms with van der Waals surface area (Å²) in [4.78, 5) is 86.5. The third-order valence-electron chi connectivity index (χ3n) is 19.0. The highest BCUT2D eigenvalue weighted by Gasteiger charge is 2.57. The second-order valence-corrected chi connectivity index (χ2v) is 37.2. The second-order valence-electron chi connectivity index (χ2n) is 27.7. The number of esters is 2. The van der Waals surface area contributed by atoms with E-state index in [9.17, 15) is 29.1 Å². The van der Waals surface area contributed by atoms with Gasteiger partial charge < -0.3 is 47.3 Å². The third-order valence-corrected chi connectivity index (χ3v) is 27.9. The highest BCUT2D eigenvalue weighted by Crippen LogP contribution is 2.43. The van der Waals surface area contributed by atoms with Gasteiger partial charge in [-0.15, -0.1) is 6.58 Å². The number of carbonyl (C=O) groups is 6. The molecule has 0 spiro atoms. The van der Waals surface area contributed by atoms with Crippen molar-refractivity contribution in [2.45, 2.75) is 276 Å². The van der Waals surface area contributed by atoms with E-state index in [0.717, 1.165) is 24.0 Å². The number of ether oxygens (including phenoxy) is 6. The summed E-state index contributed by atoms with van der Waals surface area (Å²) in [5.41, 5.74) is 1.72. The number of methoxy groups -OCH3 is 3. The van der Waals surface area contributed by atoms with E-state index in [-0.39, 0.29) is 71.9 Å². The lowest BCUT2D eigenvalue weighted by Gasteiger charge is -2.47. The van der Waals surface area contributed by atoms with Crippen LogP contribution in [0.1, 0.15) is 185 Å². The first-order valence-electron chi connectivity index (χ1n) is 30.8. The molecule has 18 heteroatoms. The van der Waals surface area contributed by atoms with Gasteiger partial charge in [0, 0.05) is 64.9 Å². The number of fused-ring (bicyclic) bond motifs is 3. The van der Waals surface area contributed by atoms with Gasteiger partial charge in [-0.3, -0.25) is 24.0 Å². The molecule has 0 aromatic rings. The molecule has 3 fully saturated rings. The van der Waals surface area contributed by atoms with Gasteiger partial charge in [0.2, 0.25) is 5.79 Å². The Morgan fingerprint density at radius 1 is 0.780 bits per heavy atom. The van der Waals surface area contributed by atoms with Crippen molar-refractivity contribution in [3.05, 3.63) is 36.0 Å². The smallest absolute Gasteiger partial charge is 0.329 e. The Hall–Kier alpha value is -3.37. The largest absolute Gasteiger partial charge is 0.519 e. The van der Waals surface area contributed by atoms with E-state index in [4.69, 9.17) is 37.3 Å². The van der Waals surface area contributed by atoms with Gasteiger partial charge in [-0.1, -0.05) is 99.0 Å². The monoisotopic (exact) mass is 1190 g/mol. The first-order chi connectivity index (χ1) is 38.1. The van der Waals surface area contributed by atoms with E-state index < -0.39 is 107 Å². The van der Waals surface area contributed by atoms with Crippen LogP contribution in [-0.2, 0) is 66.0 Å². The molecule has 1 amide bonds. The van der Waals surface area contributed by atoms with Crippen molar-refractivity contribution >= 4 is 52.0 Å². The van der Waals surface area contributed by atoms with E-state index in [1.54, 1.807) is 34.3 Å². The molecule has 1 aliphatic carbocycles. The zero-order valence-corrected chi connectivity index (χ0v) is 55.8. The Kier molecular flexibility index (Phi) is 26.7. The number of rotatable bonds is 18. The molecule has 16 nitrogen and oxygen atoms in total. The molecule has 4 rings (SSSR count). The summed E-state index contributed by atoms with van der Waals surface area (Å²) in [5.74, 6) is -7.94. The van der Waals surface area contributed by atoms with Crippen LogP contribution < -0.4 is 0 Å². The Morgan fingerprint density at radius 2 is 1.38 bits per heavy atom. The van der Waals surface area contributed by atoms with Crippen LogP contribution in [0.4, 0.5) is 0 Å². The number of carbonyl (C=O) groups excluding carboxylic acids is 6. The van der Waals surface area contributed by atoms with E-state index >= 15 is 4.79 Å². The van der Waals surface area contributed by atoms with Gasteiger partial charge in [0.05, 0.1) is 24.4 Å². The fourth-order valence-electron chi connectivity index (χ4n) is 11.8. The molecular weight excluding hydrogens is 1080 g/mol. The van der Waals surface area contributed by atoms with E-state index in [2.05, 4.69) is 87.3 Å². The van der Waals surface area contributed by atoms with Gasteiger partial charge in [-0.05, 0) is 145 Å². The van der Waals surface area contributed by atoms with E-state index in [0.29, 0.717) is 70.6 Å². The van der Waals surface area contributed by atoms with Crippen LogP contribution in [-0.4, -0.2) is 144 Å². The lowest BCUT2D eigenvalue weighted by molar-refractivity contribution is -0.302. The van der Waals surface area contributed by atoms with Crippen LogP contribution in [0.15, 0.2) is 36.0 Å². The van der Waals surface area contributed by atoms with Crippen molar-refractivity contribution in [2.24, 2.45) is 29.6 Å². The zero-order valence-electron chi connectivity index (χ0n) is 53.8. The van der Waals surface area contributed by atoms with Gasteiger partial charge in [-0.25, -0.2) is 4.79 Å². The van der Waals surface area contributed by atoms with Crippen molar-refractivity contribution in [3.63, 3.8) is 0 Å². The van der Waals surface area contributed by atoms with Gasteiger partial charge in [0.15, 0.2) is 8.32 Å². The maximum absolute atomic E-state index is 15.1. The van der Waals surface area contributed by atoms with Gasteiger partial charge in [0.1, 0.15) is 30.1 Å². The topological polar surface area (TPSA) is 200 Å². The predicted molar refractivity (Wildman–Crippen MR) is 324 cm³/mol. The lowest BCUT2D eigenvalue weighted by Crippen LogP contribution is -2.64. The Morgan fingerprint density at radius 3 is 1.96 bits per heavy atom. The highest BCUT2D eigenvalue weighted by atomic mass is 28.4. The van der Waals surface area contributed by atoms with E-state index in [1.165, 1.54) is 4.90 Å². The molecule has 1 saturated carbocycles. The highest BCUT2D eigenvalue weighted by molar-refractivity contribution is 6.75. The van der Waals surface area contributed by atoms with Crippen LogP contribution in [0.2, 0.25) is 36.3 Å². The molecule has 0 aromatic carbocycles. The molecule has 0 aromatic heterocycles. The summed E-state index contributed by atoms with van der Waals surface area (Å²) in [6.07, 6.45) is 9.54. The number of aliphatic hydroxyl groups is 1. The molecule has 0 radical (unpaired) electrons. The summed E-state index contributed by atoms with van der Waals surface area (Å²) in [6, 6.07) is -1.16. The Bertz CT molecular complexity index is 2230. The Labute approximate surface area is 495 Å². The standard InChI is InChI=1S/C64H109NO15Si2/c1-20-27-47-35-41(2)34-42(3)36-53(74-14)58-54(75-15)38-44(5)64(72,78-58)59(69)60(70)65-33-26-25-28-48(65)61(71)77-57(45(6)51(40-49(47)66)79-81(16,17)62(7,8)9)43(4)37-46-31-32-50(52(39-46)73-13)76-55(67)29-23-21-22-24-30-56(68)80-82(18,19)63(10,11)12/h20,35,37,42,44-48,50-54,57-58,72H,1,21-34,36,38-40H2,2-19H3/b41-35+,43-37?. The number of allylic oxidation sites excluding steroid dienone is 4. The maximum atomic E-state index is 15.1. The summed E-state index contributed by atoms with van der Waals surface area (Å²) in [6.45, 7) is 34.9. The van der Waals surface area contributed by atoms with Crippen molar-refractivity contribution in [3.8, 4) is 0 Å². The molecule has 3 aliphatic heterocycles. The average Bonchev–Trinajstić information content (AvgIpc) is 3.40. The summed E-state index contributed by atoms with van der Waals surface area (Å²) in [5, 5.41) is 12.0. The number of cyclic esters (lactones) is 1. The minimum Gasteiger partial charge on any atom is -0.519 e. The molecule has 14 atom stereocenters. The minimum atomic E-state index is -2.62. The van der Waals surface area contributed by atoms with Crippen molar-refractivity contribution in [2.75, 3.05) is 27.9 Å². The fourth-order valence-corrected chi connectivity index (χ4v) is 14.2. The number of amides is 1. The van der Waals surface area contributed by atoms with Gasteiger partial charge in [0.25, 0.3) is 26.0 Å². The van der Waals surface area contributed by atoms with Crippen LogP contribution in [0.3, 0.4) is 0 Å². The Balaban J connectivity index is 1.69. The molecule has 468 valence electrons. The van der Waals surface area contributed by atoms with Gasteiger partial charge in [-0.2, -0.15) is 0 Å². The lowest BCUT2D eigenvalue weighted by atomic mass is 9.81. The number of hydrogen-bond acceptors (Lipinski definition) is 15. The number of ketones is 2. The van der Waals surface area contributed by atoms with Crippen molar-refractivity contribution in [1.29, 1.82) is 0 Å². The first kappa shape index (κ1) is 71.1. The zero-order chi connectivity index (χ0) is 61.7. The minimum absolute atomic E-state index is 0.00258. The molecule has 3 heterocycles. The van der Waals surface area contributed by atoms with Crippen LogP contribution in [0.25, 0.3) is 0 Å². The summed E-state index contributed by atoms with van der Waals surface area (Å²) >= 11 is 0. The summed E-state index contributed by atoms with van der Waals surface area (Å²) < 4.78 is 50.3. The quantitative estimate of drug-likeness (QED) is 0.0446. The number of piperidine rings is 1. The fraction of sp³-hybridized carbons (Fsp3) is 0.812. The molecule has 82 heavy (non-hydrogen) atoms. The van der Waals surface area contributed by atoms with Crippen molar-refractivity contribution in [1.82, 2.24) is 4.90 Å². The molecule has 2 saturated heterocycles. The number of Topliss-reactive ketones (excluding diaryl/α,β-unsaturated/α-hetero) is 2. The van der Waals surface area contributed by atoms with E-state index in [1.807, 2.05) is 26.8 Å². The van der Waals surface area contributed by atoms with Crippen LogP contribution in [0.5, 0.6) is 0 Å². The first-order valence-corrected chi connectivity index (χ1v) is 36.6. The molecule has 2 bridgehead atoms. The average molecular weight is 1190 g/mol. The maximum Gasteiger partial charge on any atom is 0.329 e. The number of hydrogen-bond donors (Lipinski definition) is 1. The SMILES string of the molecule is C=CCC1/C=C(\C)CC(C)CC(OC)C2OC(O)(C(=O)C(=O)N3CCCCC3C(=O)OC(C(C)=CC3CCC(OC(=O)CCCCCCC(=O)O[Si](C)(C)C(C)(C)C)C(OC)C3)C(C)C(O[Si](C)(C)C(C)(C)C)CC1=O)C(C)CC2OC. The molecule has 1 N–H and O–H groups in total. The van der Waals surface area contributed by atoms with Crippen LogP contribution in [0, 0.1) is 29.6 Å². The number of unbranched alkanes of at least 4 members (excludes halogenated alkanes) is 3. The van der Waals surface area contributed by atoms with Crippen molar-refractivity contribution < 1.29 is 71.1 Å². The normalized spacial score (nSPS) is 32.8. The second kappa shape index (κ2) is 30.8. The van der Waals surface area contributed by atoms with Crippen LogP contribution >= 0.6 is 0 Å². The third kappa shape index (κ3) is 19.1.